The van der Waals surface area contributed by atoms with E-state index in [2.05, 4.69) is 30.7 Å². The number of nitrogens with zero attached hydrogens (tertiary/aromatic N) is 1. The lowest BCUT2D eigenvalue weighted by molar-refractivity contribution is 0.0698. The molecular weight excluding hydrogens is 250 g/mol. The molecule has 2 aromatic rings. The number of aromatic carboxylic acids is 1. The predicted molar refractivity (Wildman–Crippen MR) is 82.5 cm³/mol. The number of aryl methyl sites for hydroxylation is 3. The first kappa shape index (κ1) is 14.6. The van der Waals surface area contributed by atoms with Crippen molar-refractivity contribution >= 4 is 16.9 Å². The van der Waals surface area contributed by atoms with Crippen LogP contribution in [0.3, 0.4) is 0 Å². The monoisotopic (exact) mass is 273 g/mol. The molecule has 20 heavy (non-hydrogen) atoms. The number of unbranched alkanes of at least 4 members (excludes halogenated alkanes) is 1. The number of carbonyl (C=O) groups is 1. The minimum atomic E-state index is -0.827. The molecule has 0 aliphatic heterocycles. The van der Waals surface area contributed by atoms with E-state index < -0.39 is 5.97 Å². The van der Waals surface area contributed by atoms with Gasteiger partial charge in [0, 0.05) is 18.1 Å². The van der Waals surface area contributed by atoms with Gasteiger partial charge in [-0.1, -0.05) is 38.8 Å². The van der Waals surface area contributed by atoms with Crippen molar-refractivity contribution in [3.63, 3.8) is 0 Å². The highest BCUT2D eigenvalue weighted by Crippen LogP contribution is 2.28. The second-order valence-electron chi connectivity index (χ2n) is 5.41. The zero-order valence-corrected chi connectivity index (χ0v) is 12.6. The molecular formula is C17H23NO2. The fraction of sp³-hybridized carbons (Fsp3) is 0.471. The van der Waals surface area contributed by atoms with Gasteiger partial charge in [0.15, 0.2) is 0 Å². The van der Waals surface area contributed by atoms with Gasteiger partial charge in [0.2, 0.25) is 0 Å². The first-order valence-corrected chi connectivity index (χ1v) is 7.44. The van der Waals surface area contributed by atoms with Gasteiger partial charge in [-0.05, 0) is 30.9 Å². The average Bonchev–Trinajstić information content (AvgIpc) is 2.74. The van der Waals surface area contributed by atoms with E-state index in [1.165, 1.54) is 5.56 Å². The smallest absolute Gasteiger partial charge is 0.338 e. The van der Waals surface area contributed by atoms with E-state index >= 15 is 0 Å². The Morgan fingerprint density at radius 2 is 2.00 bits per heavy atom. The Kier molecular flexibility index (Phi) is 4.48. The highest BCUT2D eigenvalue weighted by atomic mass is 16.4. The summed E-state index contributed by atoms with van der Waals surface area (Å²) in [7, 11) is 0. The summed E-state index contributed by atoms with van der Waals surface area (Å²) in [5.74, 6) is -0.827. The van der Waals surface area contributed by atoms with Crippen molar-refractivity contribution in [1.82, 2.24) is 4.57 Å². The summed E-state index contributed by atoms with van der Waals surface area (Å²) < 4.78 is 2.14. The van der Waals surface area contributed by atoms with E-state index in [-0.39, 0.29) is 0 Å². The summed E-state index contributed by atoms with van der Waals surface area (Å²) in [6, 6.07) is 4.00. The molecule has 0 bridgehead atoms. The van der Waals surface area contributed by atoms with Crippen LogP contribution in [-0.4, -0.2) is 15.6 Å². The summed E-state index contributed by atoms with van der Waals surface area (Å²) in [6.07, 6.45) is 6.40. The van der Waals surface area contributed by atoms with Gasteiger partial charge in [0.25, 0.3) is 0 Å². The number of aromatic nitrogens is 1. The zero-order valence-electron chi connectivity index (χ0n) is 12.6. The van der Waals surface area contributed by atoms with Gasteiger partial charge in [-0.2, -0.15) is 0 Å². The molecule has 0 fully saturated rings. The molecule has 1 heterocycles. The number of carboxylic acids is 1. The lowest BCUT2D eigenvalue weighted by Crippen LogP contribution is -2.05. The maximum Gasteiger partial charge on any atom is 0.338 e. The van der Waals surface area contributed by atoms with Crippen LogP contribution in [0.5, 0.6) is 0 Å². The minimum Gasteiger partial charge on any atom is -0.478 e. The molecule has 108 valence electrons. The van der Waals surface area contributed by atoms with Crippen LogP contribution in [0.2, 0.25) is 0 Å². The van der Waals surface area contributed by atoms with Crippen molar-refractivity contribution in [3.8, 4) is 0 Å². The van der Waals surface area contributed by atoms with Crippen LogP contribution in [0, 0.1) is 6.92 Å². The summed E-state index contributed by atoms with van der Waals surface area (Å²) in [5.41, 5.74) is 3.46. The molecule has 0 aliphatic carbocycles. The van der Waals surface area contributed by atoms with Crippen molar-refractivity contribution in [2.75, 3.05) is 0 Å². The van der Waals surface area contributed by atoms with Gasteiger partial charge in [-0.3, -0.25) is 0 Å². The number of benzene rings is 1. The Labute approximate surface area is 120 Å². The molecule has 0 atom stereocenters. The Morgan fingerprint density at radius 3 is 2.60 bits per heavy atom. The van der Waals surface area contributed by atoms with E-state index in [1.807, 2.05) is 13.0 Å². The molecule has 0 unspecified atom stereocenters. The Morgan fingerprint density at radius 1 is 1.25 bits per heavy atom. The van der Waals surface area contributed by atoms with Crippen LogP contribution in [0.4, 0.5) is 0 Å². The Hall–Kier alpha value is -1.77. The van der Waals surface area contributed by atoms with E-state index in [0.29, 0.717) is 5.56 Å². The topological polar surface area (TPSA) is 42.2 Å². The third-order valence-electron chi connectivity index (χ3n) is 3.82. The lowest BCUT2D eigenvalue weighted by atomic mass is 10.0. The molecule has 3 heteroatoms. The van der Waals surface area contributed by atoms with Gasteiger partial charge >= 0.3 is 5.97 Å². The van der Waals surface area contributed by atoms with E-state index in [1.54, 1.807) is 0 Å². The van der Waals surface area contributed by atoms with Gasteiger partial charge < -0.3 is 9.67 Å². The van der Waals surface area contributed by atoms with Crippen molar-refractivity contribution in [2.24, 2.45) is 0 Å². The fourth-order valence-corrected chi connectivity index (χ4v) is 2.82. The third kappa shape index (κ3) is 2.58. The maximum atomic E-state index is 11.6. The Bertz CT molecular complexity index is 625. The highest BCUT2D eigenvalue weighted by molar-refractivity contribution is 6.04. The van der Waals surface area contributed by atoms with Crippen LogP contribution >= 0.6 is 0 Å². The van der Waals surface area contributed by atoms with Crippen LogP contribution in [0.15, 0.2) is 18.3 Å². The first-order valence-electron chi connectivity index (χ1n) is 7.44. The van der Waals surface area contributed by atoms with E-state index in [9.17, 15) is 9.90 Å². The quantitative estimate of drug-likeness (QED) is 0.847. The standard InChI is InChI=1S/C17H23NO2/c1-4-6-10-18-11-13(7-5-2)14-9-8-12(3)15(16(14)18)17(19)20/h8-9,11H,4-7,10H2,1-3H3,(H,19,20). The Balaban J connectivity index is 2.69. The molecule has 1 aromatic carbocycles. The molecule has 2 rings (SSSR count). The molecule has 1 N–H and O–H groups in total. The van der Waals surface area contributed by atoms with Crippen LogP contribution in [0.25, 0.3) is 10.9 Å². The average molecular weight is 273 g/mol. The maximum absolute atomic E-state index is 11.6. The summed E-state index contributed by atoms with van der Waals surface area (Å²) in [4.78, 5) is 11.6. The first-order chi connectivity index (χ1) is 9.60. The van der Waals surface area contributed by atoms with Crippen LogP contribution in [-0.2, 0) is 13.0 Å². The number of hydrogen-bond acceptors (Lipinski definition) is 1. The largest absolute Gasteiger partial charge is 0.478 e. The summed E-state index contributed by atoms with van der Waals surface area (Å²) in [5, 5.41) is 10.6. The van der Waals surface area contributed by atoms with Gasteiger partial charge in [-0.15, -0.1) is 0 Å². The molecule has 0 radical (unpaired) electrons. The van der Waals surface area contributed by atoms with E-state index in [4.69, 9.17) is 0 Å². The predicted octanol–water partition coefficient (Wildman–Crippen LogP) is 4.40. The number of carboxylic acid groups (broad SMARTS) is 1. The van der Waals surface area contributed by atoms with Crippen LogP contribution < -0.4 is 0 Å². The van der Waals surface area contributed by atoms with Crippen molar-refractivity contribution < 1.29 is 9.90 Å². The van der Waals surface area contributed by atoms with E-state index in [0.717, 1.165) is 48.7 Å². The van der Waals surface area contributed by atoms with Crippen molar-refractivity contribution in [3.05, 3.63) is 35.0 Å². The molecule has 1 aromatic heterocycles. The normalized spacial score (nSPS) is 11.2. The number of hydrogen-bond donors (Lipinski definition) is 1. The summed E-state index contributed by atoms with van der Waals surface area (Å²) in [6.45, 7) is 7.07. The highest BCUT2D eigenvalue weighted by Gasteiger charge is 2.18. The molecule has 3 nitrogen and oxygen atoms in total. The SMILES string of the molecule is CCCCn1cc(CCC)c2ccc(C)c(C(=O)O)c21. The fourth-order valence-electron chi connectivity index (χ4n) is 2.82. The second kappa shape index (κ2) is 6.12. The molecule has 0 spiro atoms. The summed E-state index contributed by atoms with van der Waals surface area (Å²) >= 11 is 0. The molecule has 0 aliphatic rings. The van der Waals surface area contributed by atoms with Crippen molar-refractivity contribution in [1.29, 1.82) is 0 Å². The minimum absolute atomic E-state index is 0.459. The zero-order chi connectivity index (χ0) is 14.7. The van der Waals surface area contributed by atoms with Gasteiger partial charge in [0.05, 0.1) is 11.1 Å². The molecule has 0 saturated carbocycles. The van der Waals surface area contributed by atoms with Crippen LogP contribution in [0.1, 0.15) is 54.6 Å². The van der Waals surface area contributed by atoms with Gasteiger partial charge in [0.1, 0.15) is 0 Å². The van der Waals surface area contributed by atoms with Gasteiger partial charge in [-0.25, -0.2) is 4.79 Å². The second-order valence-corrected chi connectivity index (χ2v) is 5.41. The van der Waals surface area contributed by atoms with Crippen molar-refractivity contribution in [2.45, 2.75) is 53.0 Å². The molecule has 0 amide bonds. The number of rotatable bonds is 6. The lowest BCUT2D eigenvalue weighted by Gasteiger charge is -2.09. The number of fused-ring (bicyclic) bond motifs is 1. The molecule has 0 saturated heterocycles. The third-order valence-corrected chi connectivity index (χ3v) is 3.82.